The van der Waals surface area contributed by atoms with Crippen LogP contribution in [-0.2, 0) is 0 Å². The van der Waals surface area contributed by atoms with E-state index in [2.05, 4.69) is 16.9 Å². The minimum Gasteiger partial charge on any atom is -0.228 e. The van der Waals surface area contributed by atoms with Crippen molar-refractivity contribution in [1.29, 1.82) is 0 Å². The maximum absolute atomic E-state index is 4.28. The highest BCUT2D eigenvalue weighted by Gasteiger charge is 1.97. The van der Waals surface area contributed by atoms with Gasteiger partial charge in [-0.1, -0.05) is 18.7 Å². The number of rotatable bonds is 2. The molecule has 1 aromatic rings. The van der Waals surface area contributed by atoms with Gasteiger partial charge in [-0.15, -0.1) is 0 Å². The van der Waals surface area contributed by atoms with Crippen molar-refractivity contribution in [2.75, 3.05) is 5.75 Å². The van der Waals surface area contributed by atoms with E-state index in [4.69, 9.17) is 0 Å². The Bertz CT molecular complexity index is 228. The van der Waals surface area contributed by atoms with Gasteiger partial charge in [-0.2, -0.15) is 0 Å². The third-order valence-corrected chi connectivity index (χ3v) is 1.96. The zero-order valence-electron chi connectivity index (χ0n) is 7.09. The van der Waals surface area contributed by atoms with Crippen molar-refractivity contribution in [3.63, 3.8) is 0 Å². The Hall–Kier alpha value is -0.570. The fourth-order valence-electron chi connectivity index (χ4n) is 0.887. The lowest BCUT2D eigenvalue weighted by Gasteiger charge is -1.99. The summed E-state index contributed by atoms with van der Waals surface area (Å²) >= 11 is 1.68. The van der Waals surface area contributed by atoms with Crippen molar-refractivity contribution < 1.29 is 0 Å². The zero-order valence-corrected chi connectivity index (χ0v) is 7.90. The van der Waals surface area contributed by atoms with Crippen LogP contribution >= 0.6 is 11.8 Å². The molecule has 0 spiro atoms. The summed E-state index contributed by atoms with van der Waals surface area (Å²) in [6.07, 6.45) is 0. The minimum absolute atomic E-state index is 0.894. The fourth-order valence-corrected chi connectivity index (χ4v) is 1.56. The van der Waals surface area contributed by atoms with E-state index in [9.17, 15) is 0 Å². The maximum Gasteiger partial charge on any atom is 0.187 e. The topological polar surface area (TPSA) is 25.8 Å². The van der Waals surface area contributed by atoms with Gasteiger partial charge in [0, 0.05) is 11.4 Å². The van der Waals surface area contributed by atoms with Crippen molar-refractivity contribution >= 4 is 11.8 Å². The number of aromatic nitrogens is 2. The monoisotopic (exact) mass is 168 g/mol. The van der Waals surface area contributed by atoms with Crippen molar-refractivity contribution in [1.82, 2.24) is 9.97 Å². The predicted molar refractivity (Wildman–Crippen MR) is 47.9 cm³/mol. The summed E-state index contributed by atoms with van der Waals surface area (Å²) < 4.78 is 0. The molecule has 3 heteroatoms. The van der Waals surface area contributed by atoms with Crippen LogP contribution in [0.15, 0.2) is 11.2 Å². The molecule has 0 N–H and O–H groups in total. The second-order valence-electron chi connectivity index (χ2n) is 2.37. The molecule has 0 unspecified atom stereocenters. The molecule has 0 aromatic carbocycles. The lowest BCUT2D eigenvalue weighted by molar-refractivity contribution is 0.902. The summed E-state index contributed by atoms with van der Waals surface area (Å²) in [6.45, 7) is 6.09. The van der Waals surface area contributed by atoms with Crippen LogP contribution in [0.3, 0.4) is 0 Å². The van der Waals surface area contributed by atoms with Gasteiger partial charge in [0.05, 0.1) is 0 Å². The molecule has 0 amide bonds. The van der Waals surface area contributed by atoms with Crippen molar-refractivity contribution in [2.24, 2.45) is 0 Å². The fraction of sp³-hybridized carbons (Fsp3) is 0.500. The first-order valence-corrected chi connectivity index (χ1v) is 4.66. The van der Waals surface area contributed by atoms with Crippen LogP contribution in [0.5, 0.6) is 0 Å². The SMILES string of the molecule is CCSc1nc(C)cc(C)n1. The van der Waals surface area contributed by atoms with Gasteiger partial charge in [0.15, 0.2) is 5.16 Å². The van der Waals surface area contributed by atoms with Gasteiger partial charge >= 0.3 is 0 Å². The van der Waals surface area contributed by atoms with Crippen LogP contribution in [0.25, 0.3) is 0 Å². The molecule has 0 aliphatic carbocycles. The van der Waals surface area contributed by atoms with E-state index in [-0.39, 0.29) is 0 Å². The molecule has 0 atom stereocenters. The Labute approximate surface area is 71.5 Å². The van der Waals surface area contributed by atoms with E-state index in [1.807, 2.05) is 19.9 Å². The molecule has 11 heavy (non-hydrogen) atoms. The lowest BCUT2D eigenvalue weighted by Crippen LogP contribution is -1.92. The molecule has 1 rings (SSSR count). The van der Waals surface area contributed by atoms with E-state index < -0.39 is 0 Å². The summed E-state index contributed by atoms with van der Waals surface area (Å²) in [7, 11) is 0. The van der Waals surface area contributed by atoms with Gasteiger partial charge in [0.2, 0.25) is 0 Å². The first kappa shape index (κ1) is 8.53. The average Bonchev–Trinajstić information content (AvgIpc) is 1.85. The Balaban J connectivity index is 2.89. The highest BCUT2D eigenvalue weighted by atomic mass is 32.2. The number of nitrogens with zero attached hydrogens (tertiary/aromatic N) is 2. The van der Waals surface area contributed by atoms with Gasteiger partial charge in [-0.25, -0.2) is 9.97 Å². The average molecular weight is 168 g/mol. The van der Waals surface area contributed by atoms with Crippen molar-refractivity contribution in [2.45, 2.75) is 25.9 Å². The highest BCUT2D eigenvalue weighted by molar-refractivity contribution is 7.99. The molecule has 0 aliphatic rings. The quantitative estimate of drug-likeness (QED) is 0.500. The molecule has 0 bridgehead atoms. The van der Waals surface area contributed by atoms with Gasteiger partial charge in [-0.3, -0.25) is 0 Å². The molecule has 60 valence electrons. The molecular formula is C8H12N2S. The molecule has 0 aliphatic heterocycles. The smallest absolute Gasteiger partial charge is 0.187 e. The Morgan fingerprint density at radius 3 is 2.27 bits per heavy atom. The zero-order chi connectivity index (χ0) is 8.27. The van der Waals surface area contributed by atoms with Gasteiger partial charge < -0.3 is 0 Å². The Kier molecular flexibility index (Phi) is 2.88. The molecule has 0 saturated carbocycles. The summed E-state index contributed by atoms with van der Waals surface area (Å²) in [4.78, 5) is 8.55. The molecule has 1 aromatic heterocycles. The van der Waals surface area contributed by atoms with Crippen molar-refractivity contribution in [3.8, 4) is 0 Å². The number of thioether (sulfide) groups is 1. The van der Waals surface area contributed by atoms with Gasteiger partial charge in [-0.05, 0) is 25.7 Å². The number of hydrogen-bond donors (Lipinski definition) is 0. The van der Waals surface area contributed by atoms with E-state index >= 15 is 0 Å². The van der Waals surface area contributed by atoms with Crippen LogP contribution in [0, 0.1) is 13.8 Å². The summed E-state index contributed by atoms with van der Waals surface area (Å²) in [5.41, 5.74) is 2.10. The highest BCUT2D eigenvalue weighted by Crippen LogP contribution is 2.12. The third-order valence-electron chi connectivity index (χ3n) is 1.24. The maximum atomic E-state index is 4.28. The second-order valence-corrected chi connectivity index (χ2v) is 3.60. The Morgan fingerprint density at radius 2 is 1.82 bits per heavy atom. The third kappa shape index (κ3) is 2.50. The van der Waals surface area contributed by atoms with E-state index in [0.717, 1.165) is 22.3 Å². The molecule has 1 heterocycles. The molecule has 2 nitrogen and oxygen atoms in total. The van der Waals surface area contributed by atoms with Gasteiger partial charge in [0.25, 0.3) is 0 Å². The molecule has 0 saturated heterocycles. The van der Waals surface area contributed by atoms with Crippen LogP contribution in [-0.4, -0.2) is 15.7 Å². The lowest BCUT2D eigenvalue weighted by atomic mass is 10.4. The molecule has 0 fully saturated rings. The predicted octanol–water partition coefficient (Wildman–Crippen LogP) is 2.21. The first-order valence-electron chi connectivity index (χ1n) is 3.67. The normalized spacial score (nSPS) is 10.1. The standard InChI is InChI=1S/C8H12N2S/c1-4-11-8-9-6(2)5-7(3)10-8/h5H,4H2,1-3H3. The van der Waals surface area contributed by atoms with Gasteiger partial charge in [0.1, 0.15) is 0 Å². The van der Waals surface area contributed by atoms with E-state index in [1.54, 1.807) is 11.8 Å². The van der Waals surface area contributed by atoms with E-state index in [0.29, 0.717) is 0 Å². The van der Waals surface area contributed by atoms with Crippen LogP contribution in [0.1, 0.15) is 18.3 Å². The van der Waals surface area contributed by atoms with E-state index in [1.165, 1.54) is 0 Å². The number of hydrogen-bond acceptors (Lipinski definition) is 3. The second kappa shape index (κ2) is 3.72. The largest absolute Gasteiger partial charge is 0.228 e. The number of aryl methyl sites for hydroxylation is 2. The summed E-state index contributed by atoms with van der Waals surface area (Å²) in [5, 5.41) is 0.894. The minimum atomic E-state index is 0.894. The van der Waals surface area contributed by atoms with Crippen molar-refractivity contribution in [3.05, 3.63) is 17.5 Å². The molecule has 0 radical (unpaired) electrons. The molecular weight excluding hydrogens is 156 g/mol. The van der Waals surface area contributed by atoms with Crippen LogP contribution in [0.2, 0.25) is 0 Å². The Morgan fingerprint density at radius 1 is 1.27 bits per heavy atom. The van der Waals surface area contributed by atoms with Crippen LogP contribution in [0.4, 0.5) is 0 Å². The van der Waals surface area contributed by atoms with Crippen LogP contribution < -0.4 is 0 Å². The summed E-state index contributed by atoms with van der Waals surface area (Å²) in [6, 6.07) is 1.99. The summed E-state index contributed by atoms with van der Waals surface area (Å²) in [5.74, 6) is 1.03. The first-order chi connectivity index (χ1) is 5.22.